The van der Waals surface area contributed by atoms with Crippen LogP contribution >= 0.6 is 0 Å². The molecular formula is C22H26N4O3. The lowest BCUT2D eigenvalue weighted by Crippen LogP contribution is -2.60. The third-order valence-electron chi connectivity index (χ3n) is 6.00. The number of nitrogens with zero attached hydrogens (tertiary/aromatic N) is 3. The lowest BCUT2D eigenvalue weighted by atomic mass is 9.83. The summed E-state index contributed by atoms with van der Waals surface area (Å²) in [5.41, 5.74) is 3.20. The van der Waals surface area contributed by atoms with E-state index in [1.807, 2.05) is 24.3 Å². The number of anilines is 1. The van der Waals surface area contributed by atoms with Crippen LogP contribution in [0.2, 0.25) is 0 Å². The first-order chi connectivity index (χ1) is 14.0. The molecule has 0 radical (unpaired) electrons. The van der Waals surface area contributed by atoms with Gasteiger partial charge in [-0.05, 0) is 37.1 Å². The third kappa shape index (κ3) is 4.10. The Kier molecular flexibility index (Phi) is 5.49. The molecule has 2 aromatic rings. The zero-order valence-electron chi connectivity index (χ0n) is 16.6. The number of nitro groups is 1. The van der Waals surface area contributed by atoms with Crippen molar-refractivity contribution in [1.82, 2.24) is 10.2 Å². The summed E-state index contributed by atoms with van der Waals surface area (Å²) in [6.07, 6.45) is 1.32. The van der Waals surface area contributed by atoms with Crippen molar-refractivity contribution in [3.05, 3.63) is 69.8 Å². The van der Waals surface area contributed by atoms with Gasteiger partial charge in [-0.15, -0.1) is 0 Å². The Balaban J connectivity index is 1.52. The highest BCUT2D eigenvalue weighted by atomic mass is 16.6. The molecular weight excluding hydrogens is 368 g/mol. The Morgan fingerprint density at radius 2 is 2.00 bits per heavy atom. The van der Waals surface area contributed by atoms with Gasteiger partial charge in [-0.25, -0.2) is 0 Å². The number of piperazine rings is 1. The minimum atomic E-state index is -0.370. The van der Waals surface area contributed by atoms with E-state index >= 15 is 0 Å². The highest BCUT2D eigenvalue weighted by Crippen LogP contribution is 2.37. The molecule has 2 heterocycles. The number of amides is 1. The summed E-state index contributed by atoms with van der Waals surface area (Å²) >= 11 is 0. The van der Waals surface area contributed by atoms with E-state index in [-0.39, 0.29) is 28.5 Å². The average molecular weight is 394 g/mol. The number of rotatable bonds is 5. The van der Waals surface area contributed by atoms with Crippen LogP contribution in [-0.4, -0.2) is 55.0 Å². The highest BCUT2D eigenvalue weighted by molar-refractivity contribution is 5.82. The number of hydrogen-bond donors (Lipinski definition) is 1. The molecule has 7 heteroatoms. The number of carbonyl (C=O) groups is 1. The van der Waals surface area contributed by atoms with Crippen LogP contribution in [0, 0.1) is 16.0 Å². The maximum atomic E-state index is 13.1. The zero-order chi connectivity index (χ0) is 20.4. The predicted molar refractivity (Wildman–Crippen MR) is 112 cm³/mol. The van der Waals surface area contributed by atoms with Crippen molar-refractivity contribution in [2.45, 2.75) is 18.9 Å². The monoisotopic (exact) mass is 394 g/mol. The van der Waals surface area contributed by atoms with Gasteiger partial charge in [0.2, 0.25) is 5.91 Å². The number of benzene rings is 2. The van der Waals surface area contributed by atoms with Gasteiger partial charge in [0.25, 0.3) is 5.69 Å². The first-order valence-corrected chi connectivity index (χ1v) is 10.1. The van der Waals surface area contributed by atoms with Gasteiger partial charge in [0.05, 0.1) is 16.9 Å². The maximum Gasteiger partial charge on any atom is 0.269 e. The topological polar surface area (TPSA) is 78.7 Å². The summed E-state index contributed by atoms with van der Waals surface area (Å²) in [6.45, 7) is 3.13. The number of likely N-dealkylation sites (N-methyl/N-ethyl adjacent to an activating group) is 1. The Labute approximate surface area is 170 Å². The predicted octanol–water partition coefficient (Wildman–Crippen LogP) is 2.25. The Hall–Kier alpha value is -2.93. The fourth-order valence-corrected chi connectivity index (χ4v) is 4.47. The van der Waals surface area contributed by atoms with Crippen LogP contribution in [0.25, 0.3) is 0 Å². The van der Waals surface area contributed by atoms with Gasteiger partial charge in [0.1, 0.15) is 0 Å². The second kappa shape index (κ2) is 8.21. The molecule has 0 aliphatic carbocycles. The first-order valence-electron chi connectivity index (χ1n) is 10.1. The number of nitrogens with one attached hydrogen (secondary N) is 1. The lowest BCUT2D eigenvalue weighted by molar-refractivity contribution is -0.384. The molecule has 0 saturated carbocycles. The Bertz CT molecular complexity index is 902. The van der Waals surface area contributed by atoms with Gasteiger partial charge in [-0.1, -0.05) is 30.3 Å². The minimum Gasteiger partial charge on any atom is -0.365 e. The molecule has 1 N–H and O–H groups in total. The van der Waals surface area contributed by atoms with E-state index in [0.717, 1.165) is 37.3 Å². The van der Waals surface area contributed by atoms with Crippen LogP contribution in [0.15, 0.2) is 48.5 Å². The fraction of sp³-hybridized carbons (Fsp3) is 0.409. The number of carbonyl (C=O) groups excluding carboxylic acids is 1. The summed E-state index contributed by atoms with van der Waals surface area (Å²) in [7, 11) is 2.08. The van der Waals surface area contributed by atoms with Crippen molar-refractivity contribution in [3.8, 4) is 0 Å². The number of hydrogen-bond acceptors (Lipinski definition) is 5. The first kappa shape index (κ1) is 19.4. The van der Waals surface area contributed by atoms with Crippen LogP contribution < -0.4 is 10.2 Å². The average Bonchev–Trinajstić information content (AvgIpc) is 2.73. The van der Waals surface area contributed by atoms with Crippen molar-refractivity contribution < 1.29 is 9.72 Å². The van der Waals surface area contributed by atoms with Crippen LogP contribution in [0.4, 0.5) is 11.4 Å². The quantitative estimate of drug-likeness (QED) is 0.622. The summed E-state index contributed by atoms with van der Waals surface area (Å²) in [5, 5.41) is 14.3. The van der Waals surface area contributed by atoms with Gasteiger partial charge in [-0.3, -0.25) is 14.9 Å². The lowest BCUT2D eigenvalue weighted by Gasteiger charge is -2.48. The highest BCUT2D eigenvalue weighted by Gasteiger charge is 2.41. The van der Waals surface area contributed by atoms with E-state index < -0.39 is 0 Å². The molecule has 0 aromatic heterocycles. The van der Waals surface area contributed by atoms with Gasteiger partial charge in [-0.2, -0.15) is 0 Å². The van der Waals surface area contributed by atoms with E-state index in [1.54, 1.807) is 12.1 Å². The zero-order valence-corrected chi connectivity index (χ0v) is 16.6. The molecule has 1 fully saturated rings. The molecule has 152 valence electrons. The molecule has 1 amide bonds. The van der Waals surface area contributed by atoms with Crippen LogP contribution in [0.3, 0.4) is 0 Å². The van der Waals surface area contributed by atoms with Crippen molar-refractivity contribution in [1.29, 1.82) is 0 Å². The van der Waals surface area contributed by atoms with Crippen molar-refractivity contribution in [2.75, 3.05) is 38.1 Å². The SMILES string of the molecule is CN1CCN2c3ccc([N+](=O)[O-])cc3C[C@@H](C(=O)NCCc3ccccc3)[C@@H]2C1. The van der Waals surface area contributed by atoms with Gasteiger partial charge in [0.15, 0.2) is 0 Å². The number of fused-ring (bicyclic) bond motifs is 3. The summed E-state index contributed by atoms with van der Waals surface area (Å²) in [5.74, 6) is -0.189. The largest absolute Gasteiger partial charge is 0.365 e. The van der Waals surface area contributed by atoms with E-state index in [2.05, 4.69) is 34.3 Å². The second-order valence-corrected chi connectivity index (χ2v) is 7.93. The molecule has 4 rings (SSSR count). The summed E-state index contributed by atoms with van der Waals surface area (Å²) in [6, 6.07) is 15.2. The van der Waals surface area contributed by atoms with E-state index in [9.17, 15) is 14.9 Å². The number of non-ortho nitro benzene ring substituents is 1. The molecule has 29 heavy (non-hydrogen) atoms. The Morgan fingerprint density at radius 3 is 2.76 bits per heavy atom. The molecule has 7 nitrogen and oxygen atoms in total. The molecule has 0 bridgehead atoms. The minimum absolute atomic E-state index is 0.0309. The normalized spacial score (nSPS) is 21.2. The van der Waals surface area contributed by atoms with Gasteiger partial charge in [0, 0.05) is 44.0 Å². The maximum absolute atomic E-state index is 13.1. The number of nitro benzene ring substituents is 1. The summed E-state index contributed by atoms with van der Waals surface area (Å²) < 4.78 is 0. The molecule has 0 spiro atoms. The van der Waals surface area contributed by atoms with E-state index in [1.165, 1.54) is 5.56 Å². The van der Waals surface area contributed by atoms with E-state index in [4.69, 9.17) is 0 Å². The molecule has 2 atom stereocenters. The van der Waals surface area contributed by atoms with Gasteiger partial charge >= 0.3 is 0 Å². The standard InChI is InChI=1S/C22H26N4O3/c1-24-11-12-25-20-8-7-18(26(28)29)13-17(20)14-19(21(25)15-24)22(27)23-10-9-16-5-3-2-4-6-16/h2-8,13,19,21H,9-12,14-15H2,1H3,(H,23,27)/t19-,21+/m1/s1. The molecule has 1 saturated heterocycles. The van der Waals surface area contributed by atoms with Crippen LogP contribution in [0.5, 0.6) is 0 Å². The molecule has 2 aromatic carbocycles. The molecule has 2 aliphatic rings. The van der Waals surface area contributed by atoms with Crippen LogP contribution in [0.1, 0.15) is 11.1 Å². The smallest absolute Gasteiger partial charge is 0.269 e. The van der Waals surface area contributed by atoms with Crippen LogP contribution in [-0.2, 0) is 17.6 Å². The van der Waals surface area contributed by atoms with Crippen molar-refractivity contribution in [3.63, 3.8) is 0 Å². The van der Waals surface area contributed by atoms with Gasteiger partial charge < -0.3 is 15.1 Å². The molecule has 0 unspecified atom stereocenters. The summed E-state index contributed by atoms with van der Waals surface area (Å²) in [4.78, 5) is 28.4. The third-order valence-corrected chi connectivity index (χ3v) is 6.00. The van der Waals surface area contributed by atoms with Crippen molar-refractivity contribution in [2.24, 2.45) is 5.92 Å². The second-order valence-electron chi connectivity index (χ2n) is 7.93. The Morgan fingerprint density at radius 1 is 1.21 bits per heavy atom. The molecule has 2 aliphatic heterocycles. The van der Waals surface area contributed by atoms with Crippen molar-refractivity contribution >= 4 is 17.3 Å². The van der Waals surface area contributed by atoms with E-state index in [0.29, 0.717) is 13.0 Å². The fourth-order valence-electron chi connectivity index (χ4n) is 4.47.